The van der Waals surface area contributed by atoms with Gasteiger partial charge in [-0.05, 0) is 46.5 Å². The highest BCUT2D eigenvalue weighted by atomic mass is 79.9. The molecule has 1 heterocycles. The SMILES string of the molecule is CC1CCN(C(=O)c2ccc(Cl)cc2Br)C1. The average molecular weight is 303 g/mol. The topological polar surface area (TPSA) is 20.3 Å². The molecule has 2 rings (SSSR count). The maximum Gasteiger partial charge on any atom is 0.255 e. The Labute approximate surface area is 109 Å². The van der Waals surface area contributed by atoms with Gasteiger partial charge in [0, 0.05) is 22.6 Å². The predicted octanol–water partition coefficient (Wildman–Crippen LogP) is 3.58. The zero-order valence-corrected chi connectivity index (χ0v) is 11.4. The Balaban J connectivity index is 2.21. The van der Waals surface area contributed by atoms with Gasteiger partial charge in [-0.15, -0.1) is 0 Å². The summed E-state index contributed by atoms with van der Waals surface area (Å²) in [4.78, 5) is 14.1. The van der Waals surface area contributed by atoms with Gasteiger partial charge in [0.15, 0.2) is 0 Å². The van der Waals surface area contributed by atoms with Crippen LogP contribution in [0.4, 0.5) is 0 Å². The molecule has 16 heavy (non-hydrogen) atoms. The second-order valence-corrected chi connectivity index (χ2v) is 5.56. The van der Waals surface area contributed by atoms with E-state index in [0.29, 0.717) is 16.5 Å². The fourth-order valence-electron chi connectivity index (χ4n) is 1.95. The first-order valence-corrected chi connectivity index (χ1v) is 6.49. The van der Waals surface area contributed by atoms with Gasteiger partial charge in [0.1, 0.15) is 0 Å². The van der Waals surface area contributed by atoms with E-state index in [9.17, 15) is 4.79 Å². The molecule has 1 aromatic rings. The van der Waals surface area contributed by atoms with Crippen molar-refractivity contribution in [3.8, 4) is 0 Å². The second kappa shape index (κ2) is 4.76. The number of benzene rings is 1. The van der Waals surface area contributed by atoms with Gasteiger partial charge in [0.05, 0.1) is 5.56 Å². The Bertz CT molecular complexity index is 421. The van der Waals surface area contributed by atoms with Crippen LogP contribution in [0, 0.1) is 5.92 Å². The van der Waals surface area contributed by atoms with Crippen LogP contribution < -0.4 is 0 Å². The van der Waals surface area contributed by atoms with E-state index in [0.717, 1.165) is 24.0 Å². The van der Waals surface area contributed by atoms with Crippen molar-refractivity contribution in [2.45, 2.75) is 13.3 Å². The number of hydrogen-bond donors (Lipinski definition) is 0. The van der Waals surface area contributed by atoms with E-state index in [-0.39, 0.29) is 5.91 Å². The average Bonchev–Trinajstić information content (AvgIpc) is 2.64. The van der Waals surface area contributed by atoms with E-state index in [1.54, 1.807) is 18.2 Å². The van der Waals surface area contributed by atoms with Gasteiger partial charge in [0.25, 0.3) is 5.91 Å². The number of hydrogen-bond acceptors (Lipinski definition) is 1. The number of carbonyl (C=O) groups is 1. The quantitative estimate of drug-likeness (QED) is 0.776. The normalized spacial score (nSPS) is 20.2. The predicted molar refractivity (Wildman–Crippen MR) is 68.8 cm³/mol. The summed E-state index contributed by atoms with van der Waals surface area (Å²) in [6.07, 6.45) is 1.09. The van der Waals surface area contributed by atoms with E-state index >= 15 is 0 Å². The summed E-state index contributed by atoms with van der Waals surface area (Å²) in [5, 5.41) is 0.637. The maximum absolute atomic E-state index is 12.2. The lowest BCUT2D eigenvalue weighted by Gasteiger charge is -2.16. The van der Waals surface area contributed by atoms with Crippen LogP contribution in [-0.2, 0) is 0 Å². The highest BCUT2D eigenvalue weighted by Gasteiger charge is 2.25. The van der Waals surface area contributed by atoms with Crippen molar-refractivity contribution in [3.05, 3.63) is 33.3 Å². The molecular formula is C12H13BrClNO. The molecule has 1 fully saturated rings. The molecule has 0 aromatic heterocycles. The summed E-state index contributed by atoms with van der Waals surface area (Å²) < 4.78 is 0.768. The standard InChI is InChI=1S/C12H13BrClNO/c1-8-4-5-15(7-8)12(16)10-3-2-9(14)6-11(10)13/h2-3,6,8H,4-5,7H2,1H3. The van der Waals surface area contributed by atoms with Crippen LogP contribution in [0.15, 0.2) is 22.7 Å². The zero-order chi connectivity index (χ0) is 11.7. The summed E-state index contributed by atoms with van der Waals surface area (Å²) in [7, 11) is 0. The van der Waals surface area contributed by atoms with Gasteiger partial charge in [-0.2, -0.15) is 0 Å². The van der Waals surface area contributed by atoms with Crippen LogP contribution in [0.5, 0.6) is 0 Å². The highest BCUT2D eigenvalue weighted by molar-refractivity contribution is 9.10. The van der Waals surface area contributed by atoms with Crippen molar-refractivity contribution in [2.24, 2.45) is 5.92 Å². The van der Waals surface area contributed by atoms with Crippen molar-refractivity contribution in [2.75, 3.05) is 13.1 Å². The third kappa shape index (κ3) is 2.41. The number of carbonyl (C=O) groups excluding carboxylic acids is 1. The van der Waals surface area contributed by atoms with Gasteiger partial charge >= 0.3 is 0 Å². The first-order valence-electron chi connectivity index (χ1n) is 5.32. The van der Waals surface area contributed by atoms with E-state index in [1.807, 2.05) is 4.90 Å². The number of amides is 1. The van der Waals surface area contributed by atoms with Crippen LogP contribution in [0.3, 0.4) is 0 Å². The number of likely N-dealkylation sites (tertiary alicyclic amines) is 1. The van der Waals surface area contributed by atoms with E-state index in [1.165, 1.54) is 0 Å². The summed E-state index contributed by atoms with van der Waals surface area (Å²) in [5.41, 5.74) is 0.693. The fourth-order valence-corrected chi connectivity index (χ4v) is 2.81. The molecule has 0 N–H and O–H groups in total. The minimum absolute atomic E-state index is 0.0906. The van der Waals surface area contributed by atoms with Gasteiger partial charge in [-0.1, -0.05) is 18.5 Å². The van der Waals surface area contributed by atoms with Crippen molar-refractivity contribution < 1.29 is 4.79 Å². The molecule has 2 nitrogen and oxygen atoms in total. The second-order valence-electron chi connectivity index (χ2n) is 4.27. The van der Waals surface area contributed by atoms with Crippen molar-refractivity contribution in [1.82, 2.24) is 4.90 Å². The van der Waals surface area contributed by atoms with Gasteiger partial charge < -0.3 is 4.90 Å². The molecule has 1 amide bonds. The Kier molecular flexibility index (Phi) is 3.55. The van der Waals surface area contributed by atoms with E-state index in [4.69, 9.17) is 11.6 Å². The van der Waals surface area contributed by atoms with Gasteiger partial charge in [-0.25, -0.2) is 0 Å². The van der Waals surface area contributed by atoms with Crippen molar-refractivity contribution >= 4 is 33.4 Å². The van der Waals surface area contributed by atoms with Crippen LogP contribution >= 0.6 is 27.5 Å². The largest absolute Gasteiger partial charge is 0.338 e. The van der Waals surface area contributed by atoms with Crippen molar-refractivity contribution in [1.29, 1.82) is 0 Å². The highest BCUT2D eigenvalue weighted by Crippen LogP contribution is 2.25. The fraction of sp³-hybridized carbons (Fsp3) is 0.417. The molecule has 1 saturated heterocycles. The lowest BCUT2D eigenvalue weighted by Crippen LogP contribution is -2.28. The maximum atomic E-state index is 12.2. The molecule has 1 aromatic carbocycles. The van der Waals surface area contributed by atoms with Gasteiger partial charge in [-0.3, -0.25) is 4.79 Å². The monoisotopic (exact) mass is 301 g/mol. The molecule has 1 atom stereocenters. The first-order chi connectivity index (χ1) is 7.58. The van der Waals surface area contributed by atoms with E-state index in [2.05, 4.69) is 22.9 Å². The van der Waals surface area contributed by atoms with Crippen LogP contribution in [0.2, 0.25) is 5.02 Å². The minimum atomic E-state index is 0.0906. The van der Waals surface area contributed by atoms with Crippen LogP contribution in [0.25, 0.3) is 0 Å². The first kappa shape index (κ1) is 11.9. The number of rotatable bonds is 1. The molecule has 4 heteroatoms. The Morgan fingerprint density at radius 3 is 2.88 bits per heavy atom. The molecule has 0 spiro atoms. The van der Waals surface area contributed by atoms with E-state index < -0.39 is 0 Å². The molecule has 0 bridgehead atoms. The third-order valence-electron chi connectivity index (χ3n) is 2.87. The summed E-state index contributed by atoms with van der Waals surface area (Å²) in [6, 6.07) is 5.28. The van der Waals surface area contributed by atoms with Crippen LogP contribution in [0.1, 0.15) is 23.7 Å². The molecule has 0 saturated carbocycles. The number of nitrogens with zero attached hydrogens (tertiary/aromatic N) is 1. The smallest absolute Gasteiger partial charge is 0.255 e. The molecule has 0 radical (unpaired) electrons. The Morgan fingerprint density at radius 2 is 2.31 bits per heavy atom. The van der Waals surface area contributed by atoms with Crippen LogP contribution in [-0.4, -0.2) is 23.9 Å². The number of halogens is 2. The lowest BCUT2D eigenvalue weighted by atomic mass is 10.2. The minimum Gasteiger partial charge on any atom is -0.338 e. The third-order valence-corrected chi connectivity index (χ3v) is 3.76. The lowest BCUT2D eigenvalue weighted by molar-refractivity contribution is 0.0787. The molecule has 86 valence electrons. The zero-order valence-electron chi connectivity index (χ0n) is 9.04. The molecule has 1 aliphatic heterocycles. The Hall–Kier alpha value is -0.540. The van der Waals surface area contributed by atoms with Gasteiger partial charge in [0.2, 0.25) is 0 Å². The Morgan fingerprint density at radius 1 is 1.56 bits per heavy atom. The van der Waals surface area contributed by atoms with Crippen molar-refractivity contribution in [3.63, 3.8) is 0 Å². The molecule has 1 unspecified atom stereocenters. The molecule has 0 aliphatic carbocycles. The summed E-state index contributed by atoms with van der Waals surface area (Å²) in [6.45, 7) is 3.88. The summed E-state index contributed by atoms with van der Waals surface area (Å²) >= 11 is 9.23. The molecular weight excluding hydrogens is 289 g/mol. The summed E-state index contributed by atoms with van der Waals surface area (Å²) in [5.74, 6) is 0.697. The molecule has 1 aliphatic rings.